The summed E-state index contributed by atoms with van der Waals surface area (Å²) in [6.45, 7) is 2.02. The van der Waals surface area contributed by atoms with Crippen LogP contribution in [0.5, 0.6) is 0 Å². The van der Waals surface area contributed by atoms with Gasteiger partial charge in [-0.15, -0.1) is 0 Å². The zero-order chi connectivity index (χ0) is 11.5. The molecule has 0 radical (unpaired) electrons. The van der Waals surface area contributed by atoms with Gasteiger partial charge < -0.3 is 4.55 Å². The molecule has 2 rings (SSSR count). The van der Waals surface area contributed by atoms with Crippen molar-refractivity contribution in [3.63, 3.8) is 0 Å². The fourth-order valence-electron chi connectivity index (χ4n) is 1.36. The molecule has 0 bridgehead atoms. The molecule has 2 aromatic carbocycles. The lowest BCUT2D eigenvalue weighted by molar-refractivity contribution is 0.595. The summed E-state index contributed by atoms with van der Waals surface area (Å²) >= 11 is 2.28. The van der Waals surface area contributed by atoms with Gasteiger partial charge in [-0.25, -0.2) is 0 Å². The van der Waals surface area contributed by atoms with E-state index in [2.05, 4.69) is 15.9 Å². The van der Waals surface area contributed by atoms with Crippen molar-refractivity contribution in [1.29, 1.82) is 0 Å². The predicted octanol–water partition coefficient (Wildman–Crippen LogP) is 3.92. The molecular weight excluding hydrogens is 284 g/mol. The Labute approximate surface area is 107 Å². The molecular formula is C13H11BrOS. The third kappa shape index (κ3) is 2.67. The summed E-state index contributed by atoms with van der Waals surface area (Å²) in [6, 6.07) is 15.3. The maximum Gasteiger partial charge on any atom is 0.158 e. The second kappa shape index (κ2) is 5.04. The van der Waals surface area contributed by atoms with E-state index in [1.165, 1.54) is 5.56 Å². The van der Waals surface area contributed by atoms with Crippen molar-refractivity contribution >= 4 is 27.1 Å². The number of halogens is 1. The first-order valence-electron chi connectivity index (χ1n) is 4.91. The molecule has 0 spiro atoms. The molecule has 0 aliphatic carbocycles. The lowest BCUT2D eigenvalue weighted by Crippen LogP contribution is -2.01. The van der Waals surface area contributed by atoms with E-state index < -0.39 is 11.2 Å². The van der Waals surface area contributed by atoms with Crippen LogP contribution in [0.15, 0.2) is 62.8 Å². The van der Waals surface area contributed by atoms with E-state index >= 15 is 0 Å². The molecule has 1 atom stereocenters. The number of benzene rings is 2. The minimum atomic E-state index is -1.08. The molecule has 0 fully saturated rings. The van der Waals surface area contributed by atoms with Gasteiger partial charge in [-0.3, -0.25) is 0 Å². The van der Waals surface area contributed by atoms with E-state index in [-0.39, 0.29) is 0 Å². The van der Waals surface area contributed by atoms with Crippen LogP contribution in [0.2, 0.25) is 0 Å². The molecule has 0 heterocycles. The fraction of sp³-hybridized carbons (Fsp3) is 0.0769. The third-order valence-corrected chi connectivity index (χ3v) is 4.19. The Balaban J connectivity index is 2.28. The molecule has 0 amide bonds. The van der Waals surface area contributed by atoms with E-state index in [1.54, 1.807) is 0 Å². The van der Waals surface area contributed by atoms with E-state index in [1.807, 2.05) is 55.5 Å². The number of hydrogen-bond donors (Lipinski definition) is 0. The molecule has 2 aromatic rings. The third-order valence-electron chi connectivity index (χ3n) is 2.26. The average molecular weight is 295 g/mol. The molecule has 0 aromatic heterocycles. The Bertz CT molecular complexity index is 419. The van der Waals surface area contributed by atoms with Crippen LogP contribution in [0.25, 0.3) is 0 Å². The van der Waals surface area contributed by atoms with Crippen molar-refractivity contribution in [2.75, 3.05) is 0 Å². The van der Waals surface area contributed by atoms with Crippen LogP contribution in [0.3, 0.4) is 0 Å². The van der Waals surface area contributed by atoms with Crippen LogP contribution >= 0.6 is 15.9 Å². The Hall–Kier alpha value is -0.770. The highest BCUT2D eigenvalue weighted by Crippen LogP contribution is 2.22. The Kier molecular flexibility index (Phi) is 3.69. The molecule has 0 aliphatic rings. The van der Waals surface area contributed by atoms with E-state index in [0.717, 1.165) is 14.3 Å². The van der Waals surface area contributed by atoms with Crippen molar-refractivity contribution in [1.82, 2.24) is 0 Å². The summed E-state index contributed by atoms with van der Waals surface area (Å²) in [4.78, 5) is 1.67. The van der Waals surface area contributed by atoms with E-state index in [0.29, 0.717) is 0 Å². The van der Waals surface area contributed by atoms with Gasteiger partial charge in [-0.05, 0) is 43.3 Å². The van der Waals surface area contributed by atoms with Crippen LogP contribution < -0.4 is 0 Å². The smallest absolute Gasteiger partial charge is 0.158 e. The van der Waals surface area contributed by atoms with Crippen molar-refractivity contribution in [3.8, 4) is 0 Å². The Morgan fingerprint density at radius 1 is 0.875 bits per heavy atom. The maximum atomic E-state index is 12.2. The Morgan fingerprint density at radius 3 is 1.81 bits per heavy atom. The van der Waals surface area contributed by atoms with E-state index in [9.17, 15) is 4.55 Å². The quantitative estimate of drug-likeness (QED) is 0.770. The first-order chi connectivity index (χ1) is 7.66. The second-order valence-corrected chi connectivity index (χ2v) is 5.93. The lowest BCUT2D eigenvalue weighted by Gasteiger charge is -2.09. The summed E-state index contributed by atoms with van der Waals surface area (Å²) in [5, 5.41) is 0. The summed E-state index contributed by atoms with van der Waals surface area (Å²) in [6.07, 6.45) is 0. The minimum absolute atomic E-state index is 0.826. The van der Waals surface area contributed by atoms with Gasteiger partial charge in [0.25, 0.3) is 0 Å². The number of aryl methyl sites for hydroxylation is 1. The van der Waals surface area contributed by atoms with Crippen molar-refractivity contribution in [2.24, 2.45) is 0 Å². The standard InChI is InChI=1S/C13H11BrOS/c1-10-2-6-12(7-3-10)16(15)13-8-4-11(14)5-9-13/h2-9H,1H3. The van der Waals surface area contributed by atoms with Gasteiger partial charge in [-0.1, -0.05) is 33.6 Å². The second-order valence-electron chi connectivity index (χ2n) is 3.54. The van der Waals surface area contributed by atoms with Gasteiger partial charge in [-0.2, -0.15) is 0 Å². The average Bonchev–Trinajstić information content (AvgIpc) is 2.30. The maximum absolute atomic E-state index is 12.2. The summed E-state index contributed by atoms with van der Waals surface area (Å²) in [7, 11) is 0. The molecule has 0 saturated heterocycles. The minimum Gasteiger partial charge on any atom is -0.606 e. The van der Waals surface area contributed by atoms with Gasteiger partial charge in [0.2, 0.25) is 0 Å². The van der Waals surface area contributed by atoms with Crippen molar-refractivity contribution in [2.45, 2.75) is 16.7 Å². The Morgan fingerprint density at radius 2 is 1.31 bits per heavy atom. The topological polar surface area (TPSA) is 23.1 Å². The molecule has 1 unspecified atom stereocenters. The van der Waals surface area contributed by atoms with Gasteiger partial charge in [0, 0.05) is 15.6 Å². The van der Waals surface area contributed by atoms with Gasteiger partial charge in [0.05, 0.1) is 0 Å². The monoisotopic (exact) mass is 294 g/mol. The molecule has 3 heteroatoms. The fourth-order valence-corrected chi connectivity index (χ4v) is 2.66. The van der Waals surface area contributed by atoms with E-state index in [4.69, 9.17) is 0 Å². The molecule has 0 saturated carbocycles. The zero-order valence-electron chi connectivity index (χ0n) is 8.81. The molecule has 16 heavy (non-hydrogen) atoms. The van der Waals surface area contributed by atoms with Crippen LogP contribution in [-0.4, -0.2) is 4.55 Å². The lowest BCUT2D eigenvalue weighted by atomic mass is 10.2. The molecule has 0 N–H and O–H groups in total. The highest BCUT2D eigenvalue weighted by atomic mass is 79.9. The SMILES string of the molecule is Cc1ccc([S+]([O-])c2ccc(Br)cc2)cc1. The van der Waals surface area contributed by atoms with Crippen LogP contribution in [0.4, 0.5) is 0 Å². The summed E-state index contributed by atoms with van der Waals surface area (Å²) < 4.78 is 13.2. The highest BCUT2D eigenvalue weighted by molar-refractivity contribution is 9.10. The number of rotatable bonds is 2. The van der Waals surface area contributed by atoms with Gasteiger partial charge >= 0.3 is 0 Å². The first kappa shape index (κ1) is 11.7. The van der Waals surface area contributed by atoms with Crippen LogP contribution in [-0.2, 0) is 11.2 Å². The van der Waals surface area contributed by atoms with Crippen LogP contribution in [0.1, 0.15) is 5.56 Å². The molecule has 1 nitrogen and oxygen atoms in total. The van der Waals surface area contributed by atoms with Crippen LogP contribution in [0, 0.1) is 6.92 Å². The predicted molar refractivity (Wildman–Crippen MR) is 70.0 cm³/mol. The van der Waals surface area contributed by atoms with Crippen molar-refractivity contribution < 1.29 is 4.55 Å². The molecule has 0 aliphatic heterocycles. The van der Waals surface area contributed by atoms with Gasteiger partial charge in [0.15, 0.2) is 9.79 Å². The van der Waals surface area contributed by atoms with Gasteiger partial charge in [0.1, 0.15) is 0 Å². The summed E-state index contributed by atoms with van der Waals surface area (Å²) in [5.74, 6) is 0. The highest BCUT2D eigenvalue weighted by Gasteiger charge is 2.13. The molecule has 82 valence electrons. The first-order valence-corrected chi connectivity index (χ1v) is 6.85. The zero-order valence-corrected chi connectivity index (χ0v) is 11.2. The van der Waals surface area contributed by atoms with Crippen molar-refractivity contribution in [3.05, 3.63) is 58.6 Å². The summed E-state index contributed by atoms with van der Waals surface area (Å²) in [5.41, 5.74) is 1.18. The largest absolute Gasteiger partial charge is 0.606 e. The normalized spacial score (nSPS) is 12.4. The number of hydrogen-bond acceptors (Lipinski definition) is 1.